The minimum Gasteiger partial charge on any atom is -0.477 e. The number of nitrogens with one attached hydrogen (secondary N) is 1. The van der Waals surface area contributed by atoms with Crippen molar-refractivity contribution in [2.45, 2.75) is 4.90 Å². The molecule has 0 amide bonds. The molecule has 0 saturated carbocycles. The van der Waals surface area contributed by atoms with E-state index in [4.69, 9.17) is 16.7 Å². The predicted octanol–water partition coefficient (Wildman–Crippen LogP) is 2.30. The fourth-order valence-electron chi connectivity index (χ4n) is 1.22. The normalized spacial score (nSPS) is 11.2. The number of carboxylic acid groups (broad SMARTS) is 1. The van der Waals surface area contributed by atoms with Gasteiger partial charge in [0.05, 0.1) is 16.8 Å². The van der Waals surface area contributed by atoms with Crippen molar-refractivity contribution in [3.05, 3.63) is 39.8 Å². The summed E-state index contributed by atoms with van der Waals surface area (Å²) in [5.41, 5.74) is 0.243. The maximum absolute atomic E-state index is 12.0. The van der Waals surface area contributed by atoms with Gasteiger partial charge in [0.2, 0.25) is 0 Å². The molecule has 0 aliphatic heterocycles. The molecule has 0 aliphatic carbocycles. The molecule has 6 nitrogen and oxygen atoms in total. The zero-order valence-corrected chi connectivity index (χ0v) is 11.6. The summed E-state index contributed by atoms with van der Waals surface area (Å²) >= 11 is 6.43. The Kier molecular flexibility index (Phi) is 3.74. The number of pyridine rings is 1. The smallest absolute Gasteiger partial charge is 0.345 e. The molecule has 0 aliphatic rings. The van der Waals surface area contributed by atoms with Crippen LogP contribution in [0.4, 0.5) is 5.69 Å². The van der Waals surface area contributed by atoms with Crippen LogP contribution >= 0.6 is 22.9 Å². The van der Waals surface area contributed by atoms with Gasteiger partial charge in [-0.15, -0.1) is 11.3 Å². The number of thiophene rings is 1. The van der Waals surface area contributed by atoms with Crippen molar-refractivity contribution in [3.63, 3.8) is 0 Å². The fourth-order valence-corrected chi connectivity index (χ4v) is 3.49. The molecule has 2 rings (SSSR count). The highest BCUT2D eigenvalue weighted by Gasteiger charge is 2.18. The Morgan fingerprint density at radius 2 is 2.16 bits per heavy atom. The van der Waals surface area contributed by atoms with Gasteiger partial charge in [-0.05, 0) is 18.2 Å². The van der Waals surface area contributed by atoms with Gasteiger partial charge in [0.1, 0.15) is 10.0 Å². The summed E-state index contributed by atoms with van der Waals surface area (Å²) in [7, 11) is -3.82. The van der Waals surface area contributed by atoms with E-state index in [-0.39, 0.29) is 20.6 Å². The Morgan fingerprint density at radius 1 is 1.42 bits per heavy atom. The van der Waals surface area contributed by atoms with Crippen LogP contribution in [0, 0.1) is 0 Å². The van der Waals surface area contributed by atoms with E-state index in [0.717, 1.165) is 17.4 Å². The largest absolute Gasteiger partial charge is 0.477 e. The number of hydrogen-bond donors (Lipinski definition) is 2. The molecule has 0 atom stereocenters. The van der Waals surface area contributed by atoms with E-state index < -0.39 is 16.0 Å². The summed E-state index contributed by atoms with van der Waals surface area (Å²) in [5.74, 6) is -1.17. The SMILES string of the molecule is O=C(O)c1cc(S(=O)(=O)Nc2ccc(Cl)nc2)cs1. The number of anilines is 1. The van der Waals surface area contributed by atoms with E-state index in [1.54, 1.807) is 0 Å². The number of halogens is 1. The van der Waals surface area contributed by atoms with Crippen LogP contribution in [-0.2, 0) is 10.0 Å². The average Bonchev–Trinajstić information content (AvgIpc) is 2.82. The van der Waals surface area contributed by atoms with Gasteiger partial charge >= 0.3 is 5.97 Å². The molecule has 2 aromatic heterocycles. The Labute approximate surface area is 117 Å². The number of carboxylic acids is 1. The summed E-state index contributed by atoms with van der Waals surface area (Å²) in [6.07, 6.45) is 1.27. The second-order valence-corrected chi connectivity index (χ2v) is 6.41. The lowest BCUT2D eigenvalue weighted by Gasteiger charge is -2.05. The Hall–Kier alpha value is -1.64. The third kappa shape index (κ3) is 3.22. The first kappa shape index (κ1) is 13.8. The van der Waals surface area contributed by atoms with Gasteiger partial charge in [0.15, 0.2) is 0 Å². The highest BCUT2D eigenvalue weighted by molar-refractivity contribution is 7.92. The average molecular weight is 319 g/mol. The molecule has 0 aromatic carbocycles. The minimum atomic E-state index is -3.82. The van der Waals surface area contributed by atoms with Gasteiger partial charge in [-0.25, -0.2) is 18.2 Å². The first-order chi connectivity index (χ1) is 8.88. The van der Waals surface area contributed by atoms with Gasteiger partial charge in [-0.1, -0.05) is 11.6 Å². The topological polar surface area (TPSA) is 96.4 Å². The van der Waals surface area contributed by atoms with Crippen molar-refractivity contribution in [2.24, 2.45) is 0 Å². The highest BCUT2D eigenvalue weighted by Crippen LogP contribution is 2.22. The Bertz CT molecular complexity index is 709. The molecule has 2 heterocycles. The summed E-state index contributed by atoms with van der Waals surface area (Å²) < 4.78 is 26.2. The maximum Gasteiger partial charge on any atom is 0.345 e. The lowest BCUT2D eigenvalue weighted by molar-refractivity contribution is 0.0702. The quantitative estimate of drug-likeness (QED) is 0.843. The molecule has 19 heavy (non-hydrogen) atoms. The van der Waals surface area contributed by atoms with Gasteiger partial charge in [-0.3, -0.25) is 4.72 Å². The molecule has 2 N–H and O–H groups in total. The number of rotatable bonds is 4. The second kappa shape index (κ2) is 5.16. The van der Waals surface area contributed by atoms with Crippen molar-refractivity contribution < 1.29 is 18.3 Å². The zero-order valence-electron chi connectivity index (χ0n) is 9.20. The van der Waals surface area contributed by atoms with Crippen molar-refractivity contribution in [2.75, 3.05) is 4.72 Å². The summed E-state index contributed by atoms with van der Waals surface area (Å²) in [4.78, 5) is 14.3. The number of nitrogens with zero attached hydrogens (tertiary/aromatic N) is 1. The third-order valence-corrected chi connectivity index (χ3v) is 4.73. The lowest BCUT2D eigenvalue weighted by Crippen LogP contribution is -2.12. The Balaban J connectivity index is 2.26. The first-order valence-electron chi connectivity index (χ1n) is 4.85. The van der Waals surface area contributed by atoms with Crippen molar-refractivity contribution >= 4 is 44.6 Å². The number of aromatic carboxylic acids is 1. The number of hydrogen-bond acceptors (Lipinski definition) is 5. The van der Waals surface area contributed by atoms with E-state index in [1.165, 1.54) is 23.7 Å². The van der Waals surface area contributed by atoms with Crippen LogP contribution in [0.1, 0.15) is 9.67 Å². The van der Waals surface area contributed by atoms with Crippen LogP contribution in [-0.4, -0.2) is 24.5 Å². The van der Waals surface area contributed by atoms with Gasteiger partial charge < -0.3 is 5.11 Å². The van der Waals surface area contributed by atoms with Crippen LogP contribution in [0.25, 0.3) is 0 Å². The molecular weight excluding hydrogens is 312 g/mol. The molecule has 0 spiro atoms. The number of aromatic nitrogens is 1. The van der Waals surface area contributed by atoms with Crippen molar-refractivity contribution in [1.29, 1.82) is 0 Å². The molecule has 0 fully saturated rings. The van der Waals surface area contributed by atoms with E-state index in [9.17, 15) is 13.2 Å². The molecular formula is C10H7ClN2O4S2. The molecule has 0 saturated heterocycles. The second-order valence-electron chi connectivity index (χ2n) is 3.43. The molecule has 0 unspecified atom stereocenters. The molecule has 9 heteroatoms. The van der Waals surface area contributed by atoms with E-state index in [2.05, 4.69) is 9.71 Å². The third-order valence-electron chi connectivity index (χ3n) is 2.08. The highest BCUT2D eigenvalue weighted by atomic mass is 35.5. The molecule has 0 radical (unpaired) electrons. The van der Waals surface area contributed by atoms with Crippen LogP contribution in [0.5, 0.6) is 0 Å². The summed E-state index contributed by atoms with van der Waals surface area (Å²) in [6.45, 7) is 0. The van der Waals surface area contributed by atoms with Crippen LogP contribution < -0.4 is 4.72 Å². The van der Waals surface area contributed by atoms with Crippen LogP contribution in [0.2, 0.25) is 5.15 Å². The predicted molar refractivity (Wildman–Crippen MR) is 71.3 cm³/mol. The maximum atomic E-state index is 12.0. The number of sulfonamides is 1. The molecule has 2 aromatic rings. The lowest BCUT2D eigenvalue weighted by atomic mass is 10.4. The number of carbonyl (C=O) groups is 1. The molecule has 0 bridgehead atoms. The zero-order chi connectivity index (χ0) is 14.0. The summed E-state index contributed by atoms with van der Waals surface area (Å²) in [6, 6.07) is 3.99. The minimum absolute atomic E-state index is 0.0467. The van der Waals surface area contributed by atoms with Crippen LogP contribution in [0.15, 0.2) is 34.7 Å². The van der Waals surface area contributed by atoms with Crippen molar-refractivity contribution in [1.82, 2.24) is 4.98 Å². The van der Waals surface area contributed by atoms with Gasteiger partial charge in [0, 0.05) is 5.38 Å². The first-order valence-corrected chi connectivity index (χ1v) is 7.59. The molecule has 100 valence electrons. The Morgan fingerprint density at radius 3 is 2.68 bits per heavy atom. The fraction of sp³-hybridized carbons (Fsp3) is 0. The van der Waals surface area contributed by atoms with E-state index in [1.807, 2.05) is 0 Å². The summed E-state index contributed by atoms with van der Waals surface area (Å²) in [5, 5.41) is 10.3. The monoisotopic (exact) mass is 318 g/mol. The van der Waals surface area contributed by atoms with E-state index in [0.29, 0.717) is 0 Å². The van der Waals surface area contributed by atoms with Gasteiger partial charge in [0.25, 0.3) is 10.0 Å². The van der Waals surface area contributed by atoms with Crippen molar-refractivity contribution in [3.8, 4) is 0 Å². The van der Waals surface area contributed by atoms with Gasteiger partial charge in [-0.2, -0.15) is 0 Å². The standard InChI is InChI=1S/C10H7ClN2O4S2/c11-9-2-1-6(4-12-9)13-19(16,17)7-3-8(10(14)15)18-5-7/h1-5,13H,(H,14,15). The van der Waals surface area contributed by atoms with E-state index >= 15 is 0 Å². The van der Waals surface area contributed by atoms with Crippen LogP contribution in [0.3, 0.4) is 0 Å².